The first-order chi connectivity index (χ1) is 7.72. The van der Waals surface area contributed by atoms with Crippen molar-refractivity contribution < 1.29 is 10.0 Å². The van der Waals surface area contributed by atoms with Gasteiger partial charge in [-0.2, -0.15) is 0 Å². The zero-order valence-corrected chi connectivity index (χ0v) is 9.36. The van der Waals surface area contributed by atoms with Gasteiger partial charge in [-0.15, -0.1) is 0 Å². The molecule has 86 valence electrons. The van der Waals surface area contributed by atoms with Gasteiger partial charge in [-0.3, -0.25) is 15.5 Å². The molecule has 2 N–H and O–H groups in total. The number of carbonyl (C=O) groups excluding carboxylic acids is 1. The van der Waals surface area contributed by atoms with E-state index in [4.69, 9.17) is 5.21 Å². The lowest BCUT2D eigenvalue weighted by atomic mass is 10.1. The lowest BCUT2D eigenvalue weighted by Crippen LogP contribution is -2.35. The summed E-state index contributed by atoms with van der Waals surface area (Å²) in [5.74, 6) is 0.194. The number of amides is 1. The third kappa shape index (κ3) is 2.02. The first-order valence-corrected chi connectivity index (χ1v) is 5.53. The van der Waals surface area contributed by atoms with Crippen molar-refractivity contribution in [2.45, 2.75) is 26.2 Å². The Morgan fingerprint density at radius 2 is 2.19 bits per heavy atom. The van der Waals surface area contributed by atoms with E-state index in [9.17, 15) is 4.79 Å². The number of anilines is 2. The zero-order chi connectivity index (χ0) is 11.5. The number of nitrogens with one attached hydrogen (secondary N) is 1. The van der Waals surface area contributed by atoms with E-state index in [0.717, 1.165) is 30.6 Å². The number of carbonyl (C=O) groups is 1. The molecule has 1 aliphatic heterocycles. The van der Waals surface area contributed by atoms with Crippen LogP contribution >= 0.6 is 0 Å². The molecular formula is C12H16N2O2. The summed E-state index contributed by atoms with van der Waals surface area (Å²) in [5, 5.41) is 8.78. The van der Waals surface area contributed by atoms with Crippen LogP contribution < -0.4 is 10.4 Å². The van der Waals surface area contributed by atoms with Gasteiger partial charge < -0.3 is 4.90 Å². The number of aryl methyl sites for hydroxylation is 1. The van der Waals surface area contributed by atoms with Crippen LogP contribution in [-0.2, 0) is 4.79 Å². The van der Waals surface area contributed by atoms with E-state index in [1.165, 1.54) is 0 Å². The quantitative estimate of drug-likeness (QED) is 0.752. The Balaban J connectivity index is 2.28. The number of rotatable bonds is 2. The molecule has 0 unspecified atom stereocenters. The van der Waals surface area contributed by atoms with Crippen LogP contribution in [0.5, 0.6) is 0 Å². The molecule has 0 bridgehead atoms. The van der Waals surface area contributed by atoms with Gasteiger partial charge in [0.2, 0.25) is 5.91 Å². The van der Waals surface area contributed by atoms with Crippen molar-refractivity contribution in [1.29, 1.82) is 0 Å². The second-order valence-corrected chi connectivity index (χ2v) is 4.12. The van der Waals surface area contributed by atoms with Crippen molar-refractivity contribution in [2.24, 2.45) is 0 Å². The number of hydrogen-bond donors (Lipinski definition) is 2. The predicted octanol–water partition coefficient (Wildman–Crippen LogP) is 2.31. The van der Waals surface area contributed by atoms with Crippen molar-refractivity contribution in [3.63, 3.8) is 0 Å². The summed E-state index contributed by atoms with van der Waals surface area (Å²) in [7, 11) is 0. The van der Waals surface area contributed by atoms with E-state index in [-0.39, 0.29) is 5.91 Å². The highest BCUT2D eigenvalue weighted by Crippen LogP contribution is 2.26. The minimum Gasteiger partial charge on any atom is -0.312 e. The molecule has 0 aromatic heterocycles. The summed E-state index contributed by atoms with van der Waals surface area (Å²) >= 11 is 0. The Morgan fingerprint density at radius 3 is 2.81 bits per heavy atom. The minimum atomic E-state index is 0.194. The van der Waals surface area contributed by atoms with Crippen LogP contribution in [0.25, 0.3) is 0 Å². The average molecular weight is 220 g/mol. The third-order valence-electron chi connectivity index (χ3n) is 2.94. The van der Waals surface area contributed by atoms with Crippen molar-refractivity contribution in [1.82, 2.24) is 0 Å². The molecule has 0 spiro atoms. The summed E-state index contributed by atoms with van der Waals surface area (Å²) in [6.07, 6.45) is 2.69. The van der Waals surface area contributed by atoms with E-state index < -0.39 is 0 Å². The van der Waals surface area contributed by atoms with Crippen molar-refractivity contribution >= 4 is 17.3 Å². The van der Waals surface area contributed by atoms with Crippen LogP contribution in [0.3, 0.4) is 0 Å². The molecule has 4 heteroatoms. The molecular weight excluding hydrogens is 204 g/mol. The predicted molar refractivity (Wildman–Crippen MR) is 62.8 cm³/mol. The number of hydrogen-bond acceptors (Lipinski definition) is 3. The van der Waals surface area contributed by atoms with Crippen LogP contribution in [0.2, 0.25) is 0 Å². The molecule has 1 heterocycles. The maximum absolute atomic E-state index is 11.8. The molecule has 1 aromatic carbocycles. The lowest BCUT2D eigenvalue weighted by molar-refractivity contribution is -0.119. The monoisotopic (exact) mass is 220 g/mol. The van der Waals surface area contributed by atoms with Crippen LogP contribution in [0.1, 0.15) is 24.8 Å². The smallest absolute Gasteiger partial charge is 0.226 e. The lowest BCUT2D eigenvalue weighted by Gasteiger charge is -2.28. The normalized spacial score (nSPS) is 16.4. The third-order valence-corrected chi connectivity index (χ3v) is 2.94. The Kier molecular flexibility index (Phi) is 3.10. The van der Waals surface area contributed by atoms with Crippen molar-refractivity contribution in [3.05, 3.63) is 23.8 Å². The van der Waals surface area contributed by atoms with E-state index in [2.05, 4.69) is 5.48 Å². The Morgan fingerprint density at radius 1 is 1.38 bits per heavy atom. The van der Waals surface area contributed by atoms with E-state index in [0.29, 0.717) is 12.1 Å². The van der Waals surface area contributed by atoms with E-state index >= 15 is 0 Å². The topological polar surface area (TPSA) is 52.6 Å². The van der Waals surface area contributed by atoms with Crippen molar-refractivity contribution in [3.8, 4) is 0 Å². The van der Waals surface area contributed by atoms with Crippen LogP contribution in [0, 0.1) is 6.92 Å². The fourth-order valence-corrected chi connectivity index (χ4v) is 2.09. The molecule has 0 aliphatic carbocycles. The molecule has 2 rings (SSSR count). The van der Waals surface area contributed by atoms with Gasteiger partial charge in [-0.1, -0.05) is 0 Å². The largest absolute Gasteiger partial charge is 0.312 e. The Labute approximate surface area is 94.8 Å². The van der Waals surface area contributed by atoms with Crippen LogP contribution in [0.4, 0.5) is 11.4 Å². The molecule has 0 atom stereocenters. The highest BCUT2D eigenvalue weighted by molar-refractivity contribution is 5.94. The first kappa shape index (κ1) is 11.0. The molecule has 1 aliphatic rings. The van der Waals surface area contributed by atoms with E-state index in [1.807, 2.05) is 24.0 Å². The highest BCUT2D eigenvalue weighted by Gasteiger charge is 2.20. The summed E-state index contributed by atoms with van der Waals surface area (Å²) in [6, 6.07) is 5.47. The maximum atomic E-state index is 11.8. The van der Waals surface area contributed by atoms with Gasteiger partial charge in [-0.25, -0.2) is 0 Å². The molecule has 0 radical (unpaired) electrons. The van der Waals surface area contributed by atoms with Gasteiger partial charge in [0.15, 0.2) is 0 Å². The molecule has 1 aromatic rings. The van der Waals surface area contributed by atoms with Crippen molar-refractivity contribution in [2.75, 3.05) is 16.9 Å². The summed E-state index contributed by atoms with van der Waals surface area (Å²) in [6.45, 7) is 2.74. The minimum absolute atomic E-state index is 0.194. The standard InChI is InChI=1S/C12H16N2O2/c1-9-8-10(13-16)5-6-11(9)14-7-3-2-4-12(14)15/h5-6,8,13,16H,2-4,7H2,1H3. The fourth-order valence-electron chi connectivity index (χ4n) is 2.09. The summed E-state index contributed by atoms with van der Waals surface area (Å²) in [5.41, 5.74) is 4.69. The molecule has 16 heavy (non-hydrogen) atoms. The Hall–Kier alpha value is -1.55. The molecule has 1 amide bonds. The summed E-state index contributed by atoms with van der Waals surface area (Å²) < 4.78 is 0. The SMILES string of the molecule is Cc1cc(NO)ccc1N1CCCCC1=O. The van der Waals surface area contributed by atoms with Crippen LogP contribution in [0.15, 0.2) is 18.2 Å². The van der Waals surface area contributed by atoms with Gasteiger partial charge in [0.25, 0.3) is 0 Å². The average Bonchev–Trinajstić information content (AvgIpc) is 2.30. The fraction of sp³-hybridized carbons (Fsp3) is 0.417. The molecule has 1 saturated heterocycles. The maximum Gasteiger partial charge on any atom is 0.226 e. The van der Waals surface area contributed by atoms with Gasteiger partial charge in [0.1, 0.15) is 0 Å². The second-order valence-electron chi connectivity index (χ2n) is 4.12. The highest BCUT2D eigenvalue weighted by atomic mass is 16.5. The molecule has 4 nitrogen and oxygen atoms in total. The van der Waals surface area contributed by atoms with Crippen LogP contribution in [-0.4, -0.2) is 17.7 Å². The second kappa shape index (κ2) is 4.53. The zero-order valence-electron chi connectivity index (χ0n) is 9.36. The van der Waals surface area contributed by atoms with Gasteiger partial charge in [0, 0.05) is 18.7 Å². The number of benzene rings is 1. The summed E-state index contributed by atoms with van der Waals surface area (Å²) in [4.78, 5) is 13.6. The van der Waals surface area contributed by atoms with E-state index in [1.54, 1.807) is 6.07 Å². The van der Waals surface area contributed by atoms with Gasteiger partial charge in [-0.05, 0) is 43.5 Å². The molecule has 1 fully saturated rings. The number of nitrogens with zero attached hydrogens (tertiary/aromatic N) is 1. The molecule has 0 saturated carbocycles. The van der Waals surface area contributed by atoms with Gasteiger partial charge in [0.05, 0.1) is 5.69 Å². The Bertz CT molecular complexity index is 404. The first-order valence-electron chi connectivity index (χ1n) is 5.53. The number of piperidine rings is 1. The van der Waals surface area contributed by atoms with Gasteiger partial charge >= 0.3 is 0 Å².